The van der Waals surface area contributed by atoms with Gasteiger partial charge in [-0.2, -0.15) is 0 Å². The summed E-state index contributed by atoms with van der Waals surface area (Å²) in [5, 5.41) is 0. The Morgan fingerprint density at radius 2 is 2.08 bits per heavy atom. The minimum Gasteiger partial charge on any atom is -0.496 e. The molecule has 0 saturated carbocycles. The molecular formula is C12H10O. The molecule has 0 radical (unpaired) electrons. The molecule has 0 heterocycles. The van der Waals surface area contributed by atoms with E-state index in [1.54, 1.807) is 7.11 Å². The minimum atomic E-state index is 0.472. The third-order valence-electron chi connectivity index (χ3n) is 2.81. The predicted molar refractivity (Wildman–Crippen MR) is 52.0 cm³/mol. The van der Waals surface area contributed by atoms with Crippen LogP contribution < -0.4 is 0 Å². The van der Waals surface area contributed by atoms with Crippen LogP contribution in [0.4, 0.5) is 0 Å². The molecule has 13 heavy (non-hydrogen) atoms. The summed E-state index contributed by atoms with van der Waals surface area (Å²) in [6.07, 6.45) is 12.9. The van der Waals surface area contributed by atoms with E-state index >= 15 is 0 Å². The fraction of sp³-hybridized carbons (Fsp3) is 0.167. The van der Waals surface area contributed by atoms with E-state index in [9.17, 15) is 0 Å². The second-order valence-electron chi connectivity index (χ2n) is 3.46. The fourth-order valence-electron chi connectivity index (χ4n) is 2.22. The van der Waals surface area contributed by atoms with E-state index in [0.29, 0.717) is 5.92 Å². The smallest absolute Gasteiger partial charge is 0.123 e. The molecule has 1 unspecified atom stereocenters. The predicted octanol–water partition coefficient (Wildman–Crippen LogP) is 2.51. The number of methoxy groups -OCH3 is 1. The van der Waals surface area contributed by atoms with Crippen molar-refractivity contribution in [2.75, 3.05) is 7.11 Å². The van der Waals surface area contributed by atoms with E-state index in [2.05, 4.69) is 36.5 Å². The van der Waals surface area contributed by atoms with Crippen molar-refractivity contribution in [3.63, 3.8) is 0 Å². The summed E-state index contributed by atoms with van der Waals surface area (Å²) in [6, 6.07) is 0. The van der Waals surface area contributed by atoms with Crippen LogP contribution in [0.2, 0.25) is 0 Å². The molecule has 0 amide bonds. The molecule has 0 spiro atoms. The SMILES string of the molecule is COC1=CC2=CC=CC3=CC=C1C32. The summed E-state index contributed by atoms with van der Waals surface area (Å²) in [7, 11) is 1.73. The van der Waals surface area contributed by atoms with Crippen LogP contribution in [-0.4, -0.2) is 7.11 Å². The van der Waals surface area contributed by atoms with Crippen molar-refractivity contribution in [3.8, 4) is 0 Å². The van der Waals surface area contributed by atoms with Crippen LogP contribution in [0.5, 0.6) is 0 Å². The number of rotatable bonds is 1. The Kier molecular flexibility index (Phi) is 1.21. The molecule has 3 rings (SSSR count). The summed E-state index contributed by atoms with van der Waals surface area (Å²) in [5.74, 6) is 1.49. The van der Waals surface area contributed by atoms with Gasteiger partial charge in [0.25, 0.3) is 0 Å². The third kappa shape index (κ3) is 0.765. The summed E-state index contributed by atoms with van der Waals surface area (Å²) in [6.45, 7) is 0. The molecule has 0 bridgehead atoms. The zero-order chi connectivity index (χ0) is 8.84. The van der Waals surface area contributed by atoms with Gasteiger partial charge in [-0.25, -0.2) is 0 Å². The van der Waals surface area contributed by atoms with Gasteiger partial charge in [0.15, 0.2) is 0 Å². The summed E-state index contributed by atoms with van der Waals surface area (Å²) in [5.41, 5.74) is 4.05. The lowest BCUT2D eigenvalue weighted by atomic mass is 9.89. The molecule has 3 aliphatic rings. The average Bonchev–Trinajstić information content (AvgIpc) is 2.73. The maximum absolute atomic E-state index is 5.32. The summed E-state index contributed by atoms with van der Waals surface area (Å²) in [4.78, 5) is 0. The molecule has 3 aliphatic carbocycles. The number of hydrogen-bond donors (Lipinski definition) is 0. The van der Waals surface area contributed by atoms with Crippen LogP contribution >= 0.6 is 0 Å². The van der Waals surface area contributed by atoms with E-state index in [1.165, 1.54) is 16.7 Å². The Bertz CT molecular complexity index is 416. The molecule has 0 aromatic carbocycles. The Labute approximate surface area is 77.4 Å². The van der Waals surface area contributed by atoms with Gasteiger partial charge in [-0.1, -0.05) is 30.4 Å². The third-order valence-corrected chi connectivity index (χ3v) is 2.81. The first-order chi connectivity index (χ1) is 6.40. The van der Waals surface area contributed by atoms with E-state index in [0.717, 1.165) is 5.76 Å². The maximum Gasteiger partial charge on any atom is 0.123 e. The Morgan fingerprint density at radius 1 is 1.15 bits per heavy atom. The highest BCUT2D eigenvalue weighted by atomic mass is 16.5. The molecular weight excluding hydrogens is 160 g/mol. The van der Waals surface area contributed by atoms with E-state index in [4.69, 9.17) is 4.74 Å². The van der Waals surface area contributed by atoms with Crippen LogP contribution in [0.15, 0.2) is 58.9 Å². The van der Waals surface area contributed by atoms with Crippen LogP contribution in [0.25, 0.3) is 0 Å². The van der Waals surface area contributed by atoms with E-state index in [1.807, 2.05) is 0 Å². The molecule has 0 aromatic rings. The quantitative estimate of drug-likeness (QED) is 0.587. The first kappa shape index (κ1) is 6.96. The highest BCUT2D eigenvalue weighted by Crippen LogP contribution is 2.45. The zero-order valence-corrected chi connectivity index (χ0v) is 7.45. The molecule has 1 atom stereocenters. The molecule has 0 aromatic heterocycles. The Morgan fingerprint density at radius 3 is 2.92 bits per heavy atom. The molecule has 0 aliphatic heterocycles. The second kappa shape index (κ2) is 2.25. The van der Waals surface area contributed by atoms with Crippen molar-refractivity contribution >= 4 is 0 Å². The van der Waals surface area contributed by atoms with Gasteiger partial charge in [0, 0.05) is 11.5 Å². The highest BCUT2D eigenvalue weighted by molar-refractivity contribution is 5.63. The van der Waals surface area contributed by atoms with Crippen LogP contribution in [-0.2, 0) is 4.74 Å². The minimum absolute atomic E-state index is 0.472. The van der Waals surface area contributed by atoms with Crippen LogP contribution in [0, 0.1) is 5.92 Å². The maximum atomic E-state index is 5.32. The first-order valence-corrected chi connectivity index (χ1v) is 4.46. The van der Waals surface area contributed by atoms with Gasteiger partial charge in [0.05, 0.1) is 7.11 Å². The number of allylic oxidation sites excluding steroid dienone is 9. The Balaban J connectivity index is 2.17. The van der Waals surface area contributed by atoms with Crippen molar-refractivity contribution in [1.29, 1.82) is 0 Å². The molecule has 1 nitrogen and oxygen atoms in total. The Hall–Kier alpha value is -1.50. The monoisotopic (exact) mass is 170 g/mol. The van der Waals surface area contributed by atoms with E-state index in [-0.39, 0.29) is 0 Å². The number of hydrogen-bond acceptors (Lipinski definition) is 1. The number of ether oxygens (including phenoxy) is 1. The molecule has 64 valence electrons. The van der Waals surface area contributed by atoms with Gasteiger partial charge < -0.3 is 4.74 Å². The summed E-state index contributed by atoms with van der Waals surface area (Å²) >= 11 is 0. The van der Waals surface area contributed by atoms with Crippen molar-refractivity contribution in [1.82, 2.24) is 0 Å². The molecule has 0 fully saturated rings. The van der Waals surface area contributed by atoms with Crippen LogP contribution in [0.3, 0.4) is 0 Å². The topological polar surface area (TPSA) is 9.23 Å². The molecule has 0 N–H and O–H groups in total. The average molecular weight is 170 g/mol. The van der Waals surface area contributed by atoms with Crippen LogP contribution in [0.1, 0.15) is 0 Å². The van der Waals surface area contributed by atoms with Gasteiger partial charge in [0.2, 0.25) is 0 Å². The van der Waals surface area contributed by atoms with Crippen molar-refractivity contribution in [2.24, 2.45) is 5.92 Å². The summed E-state index contributed by atoms with van der Waals surface area (Å²) < 4.78 is 5.32. The lowest BCUT2D eigenvalue weighted by Gasteiger charge is -2.14. The van der Waals surface area contributed by atoms with Gasteiger partial charge in [-0.15, -0.1) is 0 Å². The van der Waals surface area contributed by atoms with Crippen molar-refractivity contribution in [3.05, 3.63) is 58.9 Å². The largest absolute Gasteiger partial charge is 0.496 e. The fourth-order valence-corrected chi connectivity index (χ4v) is 2.22. The van der Waals surface area contributed by atoms with Gasteiger partial charge in [0.1, 0.15) is 5.76 Å². The van der Waals surface area contributed by atoms with E-state index < -0.39 is 0 Å². The molecule has 1 heteroatoms. The van der Waals surface area contributed by atoms with Gasteiger partial charge in [-0.3, -0.25) is 0 Å². The zero-order valence-electron chi connectivity index (χ0n) is 7.45. The first-order valence-electron chi connectivity index (χ1n) is 4.46. The standard InChI is InChI=1S/C12H10O/c1-13-11-7-9-4-2-3-8-5-6-10(11)12(8)9/h2-7,12H,1H3. The second-order valence-corrected chi connectivity index (χ2v) is 3.46. The van der Waals surface area contributed by atoms with Gasteiger partial charge in [-0.05, 0) is 17.2 Å². The normalized spacial score (nSPS) is 27.6. The lowest BCUT2D eigenvalue weighted by Crippen LogP contribution is -2.03. The van der Waals surface area contributed by atoms with Gasteiger partial charge >= 0.3 is 0 Å². The molecule has 0 saturated heterocycles. The highest BCUT2D eigenvalue weighted by Gasteiger charge is 2.33. The van der Waals surface area contributed by atoms with Crippen molar-refractivity contribution in [2.45, 2.75) is 0 Å². The van der Waals surface area contributed by atoms with Crippen molar-refractivity contribution < 1.29 is 4.74 Å². The lowest BCUT2D eigenvalue weighted by molar-refractivity contribution is 0.301.